The van der Waals surface area contributed by atoms with Crippen LogP contribution in [0.4, 0.5) is 20.2 Å². The van der Waals surface area contributed by atoms with E-state index in [0.29, 0.717) is 11.1 Å². The molecule has 2 N–H and O–H groups in total. The number of benzene rings is 3. The van der Waals surface area contributed by atoms with Crippen LogP contribution in [0.25, 0.3) is 0 Å². The molecule has 0 bridgehead atoms. The second kappa shape index (κ2) is 7.95. The molecule has 0 radical (unpaired) electrons. The Bertz CT molecular complexity index is 1150. The number of rotatable bonds is 5. The van der Waals surface area contributed by atoms with Crippen LogP contribution in [-0.2, 0) is 10.0 Å². The number of nitrogens with one attached hydrogen (secondary N) is 2. The molecule has 28 heavy (non-hydrogen) atoms. The Balaban J connectivity index is 1.83. The minimum atomic E-state index is -3.99. The fraction of sp³-hybridized carbons (Fsp3) is 0. The highest BCUT2D eigenvalue weighted by Gasteiger charge is 2.17. The van der Waals surface area contributed by atoms with E-state index in [9.17, 15) is 22.0 Å². The Morgan fingerprint density at radius 2 is 1.68 bits per heavy atom. The van der Waals surface area contributed by atoms with Gasteiger partial charge in [-0.15, -0.1) is 0 Å². The van der Waals surface area contributed by atoms with Gasteiger partial charge in [0.2, 0.25) is 0 Å². The monoisotopic (exact) mass is 422 g/mol. The van der Waals surface area contributed by atoms with Crippen molar-refractivity contribution in [2.75, 3.05) is 10.0 Å². The number of carbonyl (C=O) groups excluding carboxylic acids is 1. The van der Waals surface area contributed by atoms with Crippen molar-refractivity contribution < 1.29 is 22.0 Å². The molecule has 3 rings (SSSR count). The second-order valence-electron chi connectivity index (χ2n) is 5.72. The van der Waals surface area contributed by atoms with Gasteiger partial charge in [-0.25, -0.2) is 17.2 Å². The lowest BCUT2D eigenvalue weighted by Crippen LogP contribution is -2.16. The topological polar surface area (TPSA) is 75.3 Å². The predicted octanol–water partition coefficient (Wildman–Crippen LogP) is 4.67. The van der Waals surface area contributed by atoms with Crippen molar-refractivity contribution in [3.05, 3.63) is 89.0 Å². The summed E-state index contributed by atoms with van der Waals surface area (Å²) in [5, 5.41) is 2.63. The fourth-order valence-electron chi connectivity index (χ4n) is 2.36. The maximum Gasteiger partial charge on any atom is 0.261 e. The number of hydrogen-bond donors (Lipinski definition) is 2. The molecule has 1 amide bonds. The summed E-state index contributed by atoms with van der Waals surface area (Å²) in [6.45, 7) is 0. The van der Waals surface area contributed by atoms with Gasteiger partial charge in [0.05, 0.1) is 16.3 Å². The first-order chi connectivity index (χ1) is 13.2. The average molecular weight is 423 g/mol. The molecule has 0 atom stereocenters. The van der Waals surface area contributed by atoms with Gasteiger partial charge in [0.15, 0.2) is 0 Å². The molecule has 3 aromatic rings. The largest absolute Gasteiger partial charge is 0.319 e. The summed E-state index contributed by atoms with van der Waals surface area (Å²) in [6.07, 6.45) is 0. The zero-order valence-electron chi connectivity index (χ0n) is 14.1. The molecule has 0 saturated heterocycles. The molecule has 0 aliphatic carbocycles. The number of sulfonamides is 1. The molecule has 0 spiro atoms. The molecule has 0 aromatic heterocycles. The van der Waals surface area contributed by atoms with Gasteiger partial charge in [-0.2, -0.15) is 0 Å². The zero-order valence-corrected chi connectivity index (χ0v) is 15.7. The maximum absolute atomic E-state index is 13.7. The SMILES string of the molecule is O=C(Nc1ccc(F)cc1F)c1cccc(S(=O)(=O)Nc2cccc(Cl)c2)c1. The first kappa shape index (κ1) is 19.8. The second-order valence-corrected chi connectivity index (χ2v) is 7.84. The van der Waals surface area contributed by atoms with Crippen LogP contribution in [0, 0.1) is 11.6 Å². The summed E-state index contributed by atoms with van der Waals surface area (Å²) in [7, 11) is -3.99. The maximum atomic E-state index is 13.7. The molecule has 3 aromatic carbocycles. The summed E-state index contributed by atoms with van der Waals surface area (Å²) in [5.41, 5.74) is 0.0187. The summed E-state index contributed by atoms with van der Waals surface area (Å²) in [5.74, 6) is -2.47. The number of hydrogen-bond acceptors (Lipinski definition) is 3. The number of carbonyl (C=O) groups is 1. The van der Waals surface area contributed by atoms with E-state index in [1.165, 1.54) is 30.3 Å². The van der Waals surface area contributed by atoms with Crippen molar-refractivity contribution in [3.63, 3.8) is 0 Å². The van der Waals surface area contributed by atoms with Gasteiger partial charge in [0, 0.05) is 16.7 Å². The summed E-state index contributed by atoms with van der Waals surface area (Å²) in [6, 6.07) is 14.0. The van der Waals surface area contributed by atoms with Gasteiger partial charge in [0.1, 0.15) is 11.6 Å². The summed E-state index contributed by atoms with van der Waals surface area (Å²) >= 11 is 5.84. The molecule has 0 aliphatic rings. The minimum Gasteiger partial charge on any atom is -0.319 e. The van der Waals surface area contributed by atoms with E-state index in [1.54, 1.807) is 12.1 Å². The Morgan fingerprint density at radius 3 is 2.39 bits per heavy atom. The highest BCUT2D eigenvalue weighted by Crippen LogP contribution is 2.21. The molecule has 5 nitrogen and oxygen atoms in total. The molecule has 0 saturated carbocycles. The van der Waals surface area contributed by atoms with Gasteiger partial charge in [0.25, 0.3) is 15.9 Å². The zero-order chi connectivity index (χ0) is 20.3. The molecule has 0 fully saturated rings. The van der Waals surface area contributed by atoms with Crippen LogP contribution < -0.4 is 10.0 Å². The first-order valence-electron chi connectivity index (χ1n) is 7.89. The molecular weight excluding hydrogens is 410 g/mol. The van der Waals surface area contributed by atoms with Crippen LogP contribution in [-0.4, -0.2) is 14.3 Å². The van der Waals surface area contributed by atoms with Crippen LogP contribution in [0.2, 0.25) is 5.02 Å². The molecule has 0 aliphatic heterocycles. The third kappa shape index (κ3) is 4.65. The van der Waals surface area contributed by atoms with E-state index >= 15 is 0 Å². The van der Waals surface area contributed by atoms with Crippen molar-refractivity contribution in [2.24, 2.45) is 0 Å². The lowest BCUT2D eigenvalue weighted by atomic mass is 10.2. The van der Waals surface area contributed by atoms with Crippen LogP contribution >= 0.6 is 11.6 Å². The van der Waals surface area contributed by atoms with Gasteiger partial charge < -0.3 is 5.32 Å². The lowest BCUT2D eigenvalue weighted by Gasteiger charge is -2.10. The average Bonchev–Trinajstić information content (AvgIpc) is 2.64. The number of amides is 1. The summed E-state index contributed by atoms with van der Waals surface area (Å²) < 4.78 is 54.1. The predicted molar refractivity (Wildman–Crippen MR) is 103 cm³/mol. The number of anilines is 2. The Kier molecular flexibility index (Phi) is 5.62. The van der Waals surface area contributed by atoms with Gasteiger partial charge in [-0.05, 0) is 48.5 Å². The standard InChI is InChI=1S/C19H13ClF2N2O3S/c20-13-4-2-5-15(10-13)24-28(26,27)16-6-1-3-12(9-16)19(25)23-18-8-7-14(21)11-17(18)22/h1-11,24H,(H,23,25). The highest BCUT2D eigenvalue weighted by atomic mass is 35.5. The third-order valence-electron chi connectivity index (χ3n) is 3.66. The minimum absolute atomic E-state index is 0.0160. The summed E-state index contributed by atoms with van der Waals surface area (Å²) in [4.78, 5) is 12.2. The Morgan fingerprint density at radius 1 is 0.929 bits per heavy atom. The lowest BCUT2D eigenvalue weighted by molar-refractivity contribution is 0.102. The smallest absolute Gasteiger partial charge is 0.261 e. The van der Waals surface area contributed by atoms with Gasteiger partial charge in [-0.3, -0.25) is 9.52 Å². The van der Waals surface area contributed by atoms with Crippen molar-refractivity contribution in [2.45, 2.75) is 4.90 Å². The van der Waals surface area contributed by atoms with E-state index in [0.717, 1.165) is 18.2 Å². The molecule has 0 heterocycles. The van der Waals surface area contributed by atoms with Gasteiger partial charge >= 0.3 is 0 Å². The third-order valence-corrected chi connectivity index (χ3v) is 5.28. The molecular formula is C19H13ClF2N2O3S. The van der Waals surface area contributed by atoms with E-state index in [-0.39, 0.29) is 21.8 Å². The quantitative estimate of drug-likeness (QED) is 0.627. The molecule has 144 valence electrons. The van der Waals surface area contributed by atoms with Gasteiger partial charge in [-0.1, -0.05) is 23.7 Å². The number of halogens is 3. The Hall–Kier alpha value is -2.97. The van der Waals surface area contributed by atoms with E-state index in [2.05, 4.69) is 10.0 Å². The van der Waals surface area contributed by atoms with E-state index in [4.69, 9.17) is 11.6 Å². The molecule has 0 unspecified atom stereocenters. The van der Waals surface area contributed by atoms with E-state index < -0.39 is 27.6 Å². The normalized spacial score (nSPS) is 11.1. The van der Waals surface area contributed by atoms with Crippen LogP contribution in [0.1, 0.15) is 10.4 Å². The highest BCUT2D eigenvalue weighted by molar-refractivity contribution is 7.92. The van der Waals surface area contributed by atoms with Crippen molar-refractivity contribution in [3.8, 4) is 0 Å². The van der Waals surface area contributed by atoms with Crippen LogP contribution in [0.3, 0.4) is 0 Å². The van der Waals surface area contributed by atoms with E-state index in [1.807, 2.05) is 0 Å². The van der Waals surface area contributed by atoms with Crippen molar-refractivity contribution in [1.82, 2.24) is 0 Å². The first-order valence-corrected chi connectivity index (χ1v) is 9.75. The van der Waals surface area contributed by atoms with Crippen LogP contribution in [0.5, 0.6) is 0 Å². The van der Waals surface area contributed by atoms with Crippen molar-refractivity contribution >= 4 is 38.9 Å². The fourth-order valence-corrected chi connectivity index (χ4v) is 3.64. The Labute approximate surface area is 165 Å². The van der Waals surface area contributed by atoms with Crippen molar-refractivity contribution in [1.29, 1.82) is 0 Å². The van der Waals surface area contributed by atoms with Crippen LogP contribution in [0.15, 0.2) is 71.6 Å². The molecule has 9 heteroatoms.